The average molecular weight is 294 g/mol. The molecule has 1 aromatic heterocycles. The van der Waals surface area contributed by atoms with Crippen LogP contribution in [0.25, 0.3) is 0 Å². The van der Waals surface area contributed by atoms with Gasteiger partial charge in [0, 0.05) is 23.9 Å². The summed E-state index contributed by atoms with van der Waals surface area (Å²) in [5.41, 5.74) is 0. The van der Waals surface area contributed by atoms with Gasteiger partial charge in [-0.15, -0.1) is 11.3 Å². The molecule has 0 bridgehead atoms. The molecule has 1 aromatic rings. The minimum atomic E-state index is -0.0355. The maximum absolute atomic E-state index is 12.5. The predicted octanol–water partition coefficient (Wildman–Crippen LogP) is 2.38. The minimum Gasteiger partial charge on any atom is -0.381 e. The Morgan fingerprint density at radius 3 is 3.10 bits per heavy atom. The summed E-state index contributed by atoms with van der Waals surface area (Å²) >= 11 is 1.71. The van der Waals surface area contributed by atoms with Crippen LogP contribution in [0.3, 0.4) is 0 Å². The number of hydrogen-bond donors (Lipinski definition) is 1. The van der Waals surface area contributed by atoms with Crippen molar-refractivity contribution in [1.82, 2.24) is 10.2 Å². The molecule has 5 heteroatoms. The van der Waals surface area contributed by atoms with Crippen LogP contribution < -0.4 is 5.32 Å². The summed E-state index contributed by atoms with van der Waals surface area (Å²) in [5, 5.41) is 5.55. The largest absolute Gasteiger partial charge is 0.381 e. The van der Waals surface area contributed by atoms with Crippen LogP contribution in [0.1, 0.15) is 37.2 Å². The van der Waals surface area contributed by atoms with Gasteiger partial charge in [-0.25, -0.2) is 0 Å². The highest BCUT2D eigenvalue weighted by Crippen LogP contribution is 2.31. The van der Waals surface area contributed by atoms with Gasteiger partial charge in [0.25, 0.3) is 0 Å². The van der Waals surface area contributed by atoms with E-state index in [0.29, 0.717) is 5.92 Å². The Balaban J connectivity index is 1.75. The molecule has 2 saturated heterocycles. The Labute approximate surface area is 124 Å². The van der Waals surface area contributed by atoms with Crippen LogP contribution >= 0.6 is 11.3 Å². The molecule has 3 heterocycles. The normalized spacial score (nSPS) is 30.9. The molecule has 110 valence electrons. The van der Waals surface area contributed by atoms with Gasteiger partial charge in [0.1, 0.15) is 6.17 Å². The van der Waals surface area contributed by atoms with Gasteiger partial charge in [0.2, 0.25) is 5.91 Å². The number of rotatable bonds is 4. The van der Waals surface area contributed by atoms with Crippen LogP contribution in [0.2, 0.25) is 0 Å². The summed E-state index contributed by atoms with van der Waals surface area (Å²) in [4.78, 5) is 15.8. The third-order valence-electron chi connectivity index (χ3n) is 4.18. The summed E-state index contributed by atoms with van der Waals surface area (Å²) < 4.78 is 5.55. The Kier molecular flexibility index (Phi) is 4.38. The predicted molar refractivity (Wildman–Crippen MR) is 79.5 cm³/mol. The fraction of sp³-hybridized carbons (Fsp3) is 0.667. The van der Waals surface area contributed by atoms with Crippen LogP contribution in [-0.4, -0.2) is 36.6 Å². The Morgan fingerprint density at radius 1 is 1.55 bits per heavy atom. The van der Waals surface area contributed by atoms with Gasteiger partial charge in [-0.1, -0.05) is 13.0 Å². The molecule has 1 amide bonds. The van der Waals surface area contributed by atoms with E-state index in [1.165, 1.54) is 4.88 Å². The van der Waals surface area contributed by atoms with Gasteiger partial charge in [-0.05, 0) is 30.7 Å². The van der Waals surface area contributed by atoms with E-state index in [9.17, 15) is 4.79 Å². The monoisotopic (exact) mass is 294 g/mol. The molecule has 3 atom stereocenters. The van der Waals surface area contributed by atoms with Crippen molar-refractivity contribution in [3.63, 3.8) is 0 Å². The Hall–Kier alpha value is -0.910. The van der Waals surface area contributed by atoms with E-state index < -0.39 is 0 Å². The lowest BCUT2D eigenvalue weighted by Crippen LogP contribution is -2.37. The number of carbonyl (C=O) groups excluding carboxylic acids is 1. The van der Waals surface area contributed by atoms with Gasteiger partial charge in [0.15, 0.2) is 0 Å². The lowest BCUT2D eigenvalue weighted by atomic mass is 10.0. The maximum Gasteiger partial charge on any atom is 0.241 e. The molecule has 0 spiro atoms. The first-order valence-corrected chi connectivity index (χ1v) is 8.35. The zero-order valence-electron chi connectivity index (χ0n) is 11.9. The van der Waals surface area contributed by atoms with Crippen molar-refractivity contribution in [1.29, 1.82) is 0 Å². The molecule has 2 aliphatic heterocycles. The van der Waals surface area contributed by atoms with Crippen molar-refractivity contribution < 1.29 is 9.53 Å². The molecular formula is C15H22N2O2S. The van der Waals surface area contributed by atoms with E-state index in [2.05, 4.69) is 23.7 Å². The minimum absolute atomic E-state index is 0.0355. The standard InChI is InChI=1S/C15H22N2O2S/c1-2-12-15(18)17(9-11-5-3-7-19-10-11)14(16-12)13-6-4-8-20-13/h4,6,8,11-12,14,16H,2-3,5,7,9-10H2,1H3. The van der Waals surface area contributed by atoms with Gasteiger partial charge in [-0.3, -0.25) is 10.1 Å². The number of nitrogens with zero attached hydrogens (tertiary/aromatic N) is 1. The average Bonchev–Trinajstić information content (AvgIpc) is 3.10. The van der Waals surface area contributed by atoms with Gasteiger partial charge >= 0.3 is 0 Å². The van der Waals surface area contributed by atoms with Crippen LogP contribution in [0.5, 0.6) is 0 Å². The molecule has 3 rings (SSSR count). The molecule has 0 radical (unpaired) electrons. The summed E-state index contributed by atoms with van der Waals surface area (Å²) in [6.45, 7) is 4.53. The summed E-state index contributed by atoms with van der Waals surface area (Å²) in [6.07, 6.45) is 3.17. The van der Waals surface area contributed by atoms with Crippen molar-refractivity contribution in [3.8, 4) is 0 Å². The second-order valence-corrected chi connectivity index (χ2v) is 6.60. The highest BCUT2D eigenvalue weighted by molar-refractivity contribution is 7.10. The first kappa shape index (κ1) is 14.0. The maximum atomic E-state index is 12.5. The summed E-state index contributed by atoms with van der Waals surface area (Å²) in [5.74, 6) is 0.726. The zero-order valence-corrected chi connectivity index (χ0v) is 12.7. The van der Waals surface area contributed by atoms with E-state index in [0.717, 1.165) is 39.0 Å². The first-order chi connectivity index (χ1) is 9.79. The number of ether oxygens (including phenoxy) is 1. The summed E-state index contributed by atoms with van der Waals surface area (Å²) in [6, 6.07) is 4.12. The molecule has 2 aliphatic rings. The number of amides is 1. The van der Waals surface area contributed by atoms with Gasteiger partial charge < -0.3 is 9.64 Å². The summed E-state index contributed by atoms with van der Waals surface area (Å²) in [7, 11) is 0. The van der Waals surface area contributed by atoms with Crippen LogP contribution in [-0.2, 0) is 9.53 Å². The quantitative estimate of drug-likeness (QED) is 0.927. The molecule has 0 aliphatic carbocycles. The smallest absolute Gasteiger partial charge is 0.241 e. The van der Waals surface area contributed by atoms with E-state index >= 15 is 0 Å². The third-order valence-corrected chi connectivity index (χ3v) is 5.11. The zero-order chi connectivity index (χ0) is 13.9. The van der Waals surface area contributed by atoms with E-state index in [-0.39, 0.29) is 18.1 Å². The molecule has 0 aromatic carbocycles. The fourth-order valence-electron chi connectivity index (χ4n) is 3.08. The highest BCUT2D eigenvalue weighted by atomic mass is 32.1. The molecule has 1 N–H and O–H groups in total. The molecular weight excluding hydrogens is 272 g/mol. The second-order valence-electron chi connectivity index (χ2n) is 5.62. The van der Waals surface area contributed by atoms with Crippen molar-refractivity contribution in [2.75, 3.05) is 19.8 Å². The number of thiophene rings is 1. The fourth-order valence-corrected chi connectivity index (χ4v) is 3.87. The van der Waals surface area contributed by atoms with E-state index in [4.69, 9.17) is 4.74 Å². The van der Waals surface area contributed by atoms with Crippen LogP contribution in [0.4, 0.5) is 0 Å². The molecule has 2 fully saturated rings. The Morgan fingerprint density at radius 2 is 2.45 bits per heavy atom. The number of nitrogens with one attached hydrogen (secondary N) is 1. The van der Waals surface area contributed by atoms with Crippen molar-refractivity contribution in [2.45, 2.75) is 38.4 Å². The third kappa shape index (κ3) is 2.75. The van der Waals surface area contributed by atoms with E-state index in [1.54, 1.807) is 11.3 Å². The van der Waals surface area contributed by atoms with Crippen molar-refractivity contribution >= 4 is 17.2 Å². The topological polar surface area (TPSA) is 41.6 Å². The van der Waals surface area contributed by atoms with Crippen molar-refractivity contribution in [2.24, 2.45) is 5.92 Å². The molecule has 0 saturated carbocycles. The van der Waals surface area contributed by atoms with Crippen molar-refractivity contribution in [3.05, 3.63) is 22.4 Å². The van der Waals surface area contributed by atoms with Crippen LogP contribution in [0, 0.1) is 5.92 Å². The van der Waals surface area contributed by atoms with E-state index in [1.807, 2.05) is 11.0 Å². The number of carbonyl (C=O) groups is 1. The van der Waals surface area contributed by atoms with Crippen LogP contribution in [0.15, 0.2) is 17.5 Å². The first-order valence-electron chi connectivity index (χ1n) is 7.47. The lowest BCUT2D eigenvalue weighted by molar-refractivity contribution is -0.131. The van der Waals surface area contributed by atoms with Gasteiger partial charge in [0.05, 0.1) is 12.6 Å². The SMILES string of the molecule is CCC1NC(c2cccs2)N(CC2CCCOC2)C1=O. The molecule has 4 nitrogen and oxygen atoms in total. The highest BCUT2D eigenvalue weighted by Gasteiger charge is 2.40. The number of hydrogen-bond acceptors (Lipinski definition) is 4. The lowest BCUT2D eigenvalue weighted by Gasteiger charge is -2.30. The molecule has 3 unspecified atom stereocenters. The van der Waals surface area contributed by atoms with Gasteiger partial charge in [-0.2, -0.15) is 0 Å². The molecule has 20 heavy (non-hydrogen) atoms. The second kappa shape index (κ2) is 6.24. The Bertz CT molecular complexity index is 443.